The van der Waals surface area contributed by atoms with Gasteiger partial charge in [-0.15, -0.1) is 0 Å². The van der Waals surface area contributed by atoms with Crippen LogP contribution in [0.2, 0.25) is 0 Å². The second-order valence-corrected chi connectivity index (χ2v) is 5.82. The van der Waals surface area contributed by atoms with Crippen LogP contribution in [0.4, 0.5) is 0 Å². The van der Waals surface area contributed by atoms with Gasteiger partial charge in [0.05, 0.1) is 25.7 Å². The molecule has 3 rings (SSSR count). The molecular weight excluding hydrogens is 318 g/mol. The van der Waals surface area contributed by atoms with E-state index in [2.05, 4.69) is 5.32 Å². The lowest BCUT2D eigenvalue weighted by molar-refractivity contribution is -0.116. The number of furan rings is 2. The van der Waals surface area contributed by atoms with Crippen LogP contribution in [0.25, 0.3) is 16.5 Å². The number of fused-ring (bicyclic) bond motifs is 1. The van der Waals surface area contributed by atoms with Crippen LogP contribution in [0.3, 0.4) is 0 Å². The lowest BCUT2D eigenvalue weighted by Gasteiger charge is -2.11. The molecule has 0 fully saturated rings. The van der Waals surface area contributed by atoms with Crippen LogP contribution in [0.15, 0.2) is 51.7 Å². The first-order valence-corrected chi connectivity index (χ1v) is 8.22. The van der Waals surface area contributed by atoms with E-state index < -0.39 is 0 Å². The van der Waals surface area contributed by atoms with Gasteiger partial charge in [-0.25, -0.2) is 0 Å². The lowest BCUT2D eigenvalue weighted by atomic mass is 10.0. The van der Waals surface area contributed by atoms with Crippen molar-refractivity contribution in [2.24, 2.45) is 0 Å². The summed E-state index contributed by atoms with van der Waals surface area (Å²) in [5, 5.41) is 3.83. The summed E-state index contributed by atoms with van der Waals surface area (Å²) in [5.41, 5.74) is 3.53. The Morgan fingerprint density at radius 1 is 1.32 bits per heavy atom. The summed E-state index contributed by atoms with van der Waals surface area (Å²) < 4.78 is 16.5. The van der Waals surface area contributed by atoms with E-state index >= 15 is 0 Å². The van der Waals surface area contributed by atoms with E-state index in [1.807, 2.05) is 39.0 Å². The topological polar surface area (TPSA) is 64.6 Å². The molecule has 0 aliphatic heterocycles. The Kier molecular flexibility index (Phi) is 4.93. The normalized spacial score (nSPS) is 11.7. The van der Waals surface area contributed by atoms with Gasteiger partial charge in [-0.3, -0.25) is 4.79 Å². The molecular formula is C20H21NO4. The number of carbonyl (C=O) groups excluding carboxylic acids is 1. The Bertz CT molecular complexity index is 903. The fourth-order valence-electron chi connectivity index (χ4n) is 2.68. The molecule has 2 heterocycles. The third kappa shape index (κ3) is 3.76. The minimum absolute atomic E-state index is 0.180. The highest BCUT2D eigenvalue weighted by molar-refractivity contribution is 5.97. The van der Waals surface area contributed by atoms with Crippen LogP contribution >= 0.6 is 0 Å². The van der Waals surface area contributed by atoms with Crippen molar-refractivity contribution in [1.82, 2.24) is 5.32 Å². The van der Waals surface area contributed by atoms with Crippen LogP contribution in [0.1, 0.15) is 30.7 Å². The maximum absolute atomic E-state index is 12.2. The first-order chi connectivity index (χ1) is 12.1. The number of hydrogen-bond acceptors (Lipinski definition) is 4. The first-order valence-electron chi connectivity index (χ1n) is 8.22. The van der Waals surface area contributed by atoms with Gasteiger partial charge < -0.3 is 18.9 Å². The summed E-state index contributed by atoms with van der Waals surface area (Å²) in [5.74, 6) is 1.24. The van der Waals surface area contributed by atoms with Gasteiger partial charge in [0.2, 0.25) is 5.91 Å². The minimum Gasteiger partial charge on any atom is -0.493 e. The molecule has 3 aromatic rings. The van der Waals surface area contributed by atoms with Gasteiger partial charge in [0.1, 0.15) is 17.1 Å². The number of hydrogen-bond donors (Lipinski definition) is 1. The van der Waals surface area contributed by atoms with Gasteiger partial charge in [0, 0.05) is 23.1 Å². The average Bonchev–Trinajstić information content (AvgIpc) is 3.23. The highest BCUT2D eigenvalue weighted by Gasteiger charge is 2.13. The van der Waals surface area contributed by atoms with E-state index in [9.17, 15) is 4.79 Å². The van der Waals surface area contributed by atoms with Gasteiger partial charge in [0.25, 0.3) is 0 Å². The minimum atomic E-state index is -0.180. The molecule has 0 aliphatic rings. The highest BCUT2D eigenvalue weighted by atomic mass is 16.5. The number of allylic oxidation sites excluding steroid dienone is 1. The zero-order valence-corrected chi connectivity index (χ0v) is 14.6. The number of benzene rings is 1. The van der Waals surface area contributed by atoms with Gasteiger partial charge >= 0.3 is 0 Å². The molecule has 5 heteroatoms. The maximum Gasteiger partial charge on any atom is 0.244 e. The molecule has 130 valence electrons. The number of carbonyl (C=O) groups is 1. The zero-order chi connectivity index (χ0) is 17.8. The summed E-state index contributed by atoms with van der Waals surface area (Å²) in [6, 6.07) is 7.49. The number of rotatable bonds is 6. The number of nitrogens with one attached hydrogen (secondary N) is 1. The molecule has 2 aromatic heterocycles. The van der Waals surface area contributed by atoms with E-state index in [4.69, 9.17) is 13.6 Å². The van der Waals surface area contributed by atoms with Crippen LogP contribution in [0, 0.1) is 6.92 Å². The molecule has 1 amide bonds. The van der Waals surface area contributed by atoms with Crippen molar-refractivity contribution >= 4 is 22.4 Å². The van der Waals surface area contributed by atoms with Crippen LogP contribution < -0.4 is 10.1 Å². The molecule has 0 radical (unpaired) electrons. The molecule has 0 saturated heterocycles. The summed E-state index contributed by atoms with van der Waals surface area (Å²) in [6.07, 6.45) is 4.88. The molecule has 1 aromatic carbocycles. The van der Waals surface area contributed by atoms with E-state index in [0.717, 1.165) is 27.7 Å². The summed E-state index contributed by atoms with van der Waals surface area (Å²) in [4.78, 5) is 12.2. The second kappa shape index (κ2) is 7.30. The Labute approximate surface area is 146 Å². The lowest BCUT2D eigenvalue weighted by Crippen LogP contribution is -2.20. The monoisotopic (exact) mass is 339 g/mol. The van der Waals surface area contributed by atoms with E-state index in [0.29, 0.717) is 24.7 Å². The number of amides is 1. The van der Waals surface area contributed by atoms with Crippen molar-refractivity contribution in [1.29, 1.82) is 0 Å². The standard InChI is InChI=1S/C20H21NO4/c1-4-23-18-10-19-17(14(3)12-25-19)9-16(18)13(2)8-20(22)21-11-15-6-5-7-24-15/h5-10,12H,4,11H2,1-3H3,(H,21,22)/b13-8+. The summed E-state index contributed by atoms with van der Waals surface area (Å²) >= 11 is 0. The Balaban J connectivity index is 1.86. The first kappa shape index (κ1) is 16.9. The molecule has 1 N–H and O–H groups in total. The fourth-order valence-corrected chi connectivity index (χ4v) is 2.68. The second-order valence-electron chi connectivity index (χ2n) is 5.82. The molecule has 0 bridgehead atoms. The van der Waals surface area contributed by atoms with Crippen molar-refractivity contribution in [2.45, 2.75) is 27.3 Å². The zero-order valence-electron chi connectivity index (χ0n) is 14.6. The van der Waals surface area contributed by atoms with Crippen molar-refractivity contribution in [3.8, 4) is 5.75 Å². The van der Waals surface area contributed by atoms with Gasteiger partial charge in [0.15, 0.2) is 0 Å². The summed E-state index contributed by atoms with van der Waals surface area (Å²) in [6.45, 7) is 6.71. The van der Waals surface area contributed by atoms with Crippen LogP contribution in [0.5, 0.6) is 5.75 Å². The third-order valence-corrected chi connectivity index (χ3v) is 3.96. The molecule has 25 heavy (non-hydrogen) atoms. The molecule has 5 nitrogen and oxygen atoms in total. The largest absolute Gasteiger partial charge is 0.493 e. The number of ether oxygens (including phenoxy) is 1. The Morgan fingerprint density at radius 3 is 2.88 bits per heavy atom. The molecule has 0 saturated carbocycles. The molecule has 0 aliphatic carbocycles. The predicted octanol–water partition coefficient (Wildman–Crippen LogP) is 4.45. The smallest absolute Gasteiger partial charge is 0.244 e. The quantitative estimate of drug-likeness (QED) is 0.674. The third-order valence-electron chi connectivity index (χ3n) is 3.96. The Morgan fingerprint density at radius 2 is 2.16 bits per heavy atom. The van der Waals surface area contributed by atoms with Crippen LogP contribution in [-0.2, 0) is 11.3 Å². The molecule has 0 atom stereocenters. The van der Waals surface area contributed by atoms with Crippen molar-refractivity contribution in [3.05, 3.63) is 59.8 Å². The van der Waals surface area contributed by atoms with E-state index in [-0.39, 0.29) is 5.91 Å². The fraction of sp³-hybridized carbons (Fsp3) is 0.250. The molecule has 0 spiro atoms. The number of aryl methyl sites for hydroxylation is 1. The van der Waals surface area contributed by atoms with Crippen molar-refractivity contribution < 1.29 is 18.4 Å². The van der Waals surface area contributed by atoms with Crippen molar-refractivity contribution in [3.63, 3.8) is 0 Å². The SMILES string of the molecule is CCOc1cc2occ(C)c2cc1/C(C)=C/C(=O)NCc1ccco1. The van der Waals surface area contributed by atoms with Gasteiger partial charge in [-0.2, -0.15) is 0 Å². The molecule has 0 unspecified atom stereocenters. The van der Waals surface area contributed by atoms with Crippen molar-refractivity contribution in [2.75, 3.05) is 6.61 Å². The van der Waals surface area contributed by atoms with E-state index in [1.165, 1.54) is 0 Å². The highest BCUT2D eigenvalue weighted by Crippen LogP contribution is 2.33. The Hall–Kier alpha value is -2.95. The maximum atomic E-state index is 12.2. The van der Waals surface area contributed by atoms with Gasteiger partial charge in [-0.1, -0.05) is 0 Å². The predicted molar refractivity (Wildman–Crippen MR) is 96.3 cm³/mol. The van der Waals surface area contributed by atoms with Gasteiger partial charge in [-0.05, 0) is 50.1 Å². The summed E-state index contributed by atoms with van der Waals surface area (Å²) in [7, 11) is 0. The van der Waals surface area contributed by atoms with Crippen LogP contribution in [-0.4, -0.2) is 12.5 Å². The van der Waals surface area contributed by atoms with E-state index in [1.54, 1.807) is 24.7 Å². The average molecular weight is 339 g/mol.